The summed E-state index contributed by atoms with van der Waals surface area (Å²) in [6, 6.07) is 3.42. The van der Waals surface area contributed by atoms with Crippen molar-refractivity contribution in [1.82, 2.24) is 4.90 Å². The lowest BCUT2D eigenvalue weighted by Crippen LogP contribution is -2.45. The van der Waals surface area contributed by atoms with Crippen molar-refractivity contribution in [3.8, 4) is 5.75 Å². The number of amides is 1. The summed E-state index contributed by atoms with van der Waals surface area (Å²) in [4.78, 5) is 14.3. The molecule has 148 valence electrons. The molecule has 2 bridgehead atoms. The molecule has 2 aliphatic heterocycles. The first kappa shape index (κ1) is 19.6. The van der Waals surface area contributed by atoms with Gasteiger partial charge in [0.25, 0.3) is 0 Å². The molecule has 0 radical (unpaired) electrons. The number of hydrogen-bond acceptors (Lipinski definition) is 3. The van der Waals surface area contributed by atoms with Crippen LogP contribution in [-0.4, -0.2) is 35.8 Å². The maximum atomic E-state index is 13.0. The van der Waals surface area contributed by atoms with Crippen molar-refractivity contribution in [3.63, 3.8) is 0 Å². The van der Waals surface area contributed by atoms with Crippen LogP contribution >= 0.6 is 0 Å². The molecule has 0 N–H and O–H groups in total. The fraction of sp³-hybridized carbons (Fsp3) is 0.550. The van der Waals surface area contributed by atoms with Gasteiger partial charge in [-0.3, -0.25) is 4.90 Å². The van der Waals surface area contributed by atoms with Crippen LogP contribution in [0, 0.1) is 0 Å². The number of fused-ring (bicyclic) bond motifs is 2. The van der Waals surface area contributed by atoms with Crippen LogP contribution in [0.5, 0.6) is 5.75 Å². The maximum Gasteiger partial charge on any atom is 0.416 e. The lowest BCUT2D eigenvalue weighted by atomic mass is 9.93. The van der Waals surface area contributed by atoms with E-state index in [4.69, 9.17) is 9.47 Å². The van der Waals surface area contributed by atoms with Gasteiger partial charge in [-0.2, -0.15) is 13.2 Å². The molecule has 1 amide bonds. The van der Waals surface area contributed by atoms with Crippen LogP contribution in [0.4, 0.5) is 18.0 Å². The van der Waals surface area contributed by atoms with E-state index in [-0.39, 0.29) is 23.9 Å². The van der Waals surface area contributed by atoms with Crippen molar-refractivity contribution in [1.29, 1.82) is 0 Å². The molecule has 0 spiro atoms. The zero-order chi connectivity index (χ0) is 20.0. The van der Waals surface area contributed by atoms with Gasteiger partial charge in [-0.25, -0.2) is 4.79 Å². The van der Waals surface area contributed by atoms with Gasteiger partial charge in [0, 0.05) is 11.6 Å². The van der Waals surface area contributed by atoms with E-state index in [0.29, 0.717) is 12.0 Å². The van der Waals surface area contributed by atoms with Crippen LogP contribution < -0.4 is 4.74 Å². The van der Waals surface area contributed by atoms with E-state index in [1.165, 1.54) is 13.2 Å². The van der Waals surface area contributed by atoms with Gasteiger partial charge >= 0.3 is 12.3 Å². The Morgan fingerprint density at radius 2 is 1.89 bits per heavy atom. The summed E-state index contributed by atoms with van der Waals surface area (Å²) in [6.45, 7) is 5.47. The van der Waals surface area contributed by atoms with Crippen molar-refractivity contribution in [3.05, 3.63) is 35.4 Å². The van der Waals surface area contributed by atoms with Crippen LogP contribution in [0.3, 0.4) is 0 Å². The number of methoxy groups -OCH3 is 1. The predicted octanol–water partition coefficient (Wildman–Crippen LogP) is 5.27. The smallest absolute Gasteiger partial charge is 0.416 e. The molecule has 27 heavy (non-hydrogen) atoms. The highest BCUT2D eigenvalue weighted by Gasteiger charge is 2.42. The van der Waals surface area contributed by atoms with Crippen LogP contribution in [0.1, 0.15) is 51.2 Å². The highest BCUT2D eigenvalue weighted by molar-refractivity contribution is 5.77. The minimum atomic E-state index is -4.42. The molecule has 0 aliphatic carbocycles. The van der Waals surface area contributed by atoms with Gasteiger partial charge in [-0.15, -0.1) is 0 Å². The van der Waals surface area contributed by atoms with E-state index in [1.807, 2.05) is 26.8 Å². The first-order valence-corrected chi connectivity index (χ1v) is 8.97. The van der Waals surface area contributed by atoms with E-state index >= 15 is 0 Å². The second kappa shape index (κ2) is 6.77. The molecule has 0 aromatic heterocycles. The predicted molar refractivity (Wildman–Crippen MR) is 95.5 cm³/mol. The van der Waals surface area contributed by atoms with E-state index in [9.17, 15) is 18.0 Å². The molecule has 1 saturated heterocycles. The van der Waals surface area contributed by atoms with Gasteiger partial charge in [0.1, 0.15) is 11.4 Å². The highest BCUT2D eigenvalue weighted by Crippen LogP contribution is 2.43. The zero-order valence-corrected chi connectivity index (χ0v) is 15.9. The number of nitrogens with zero attached hydrogens (tertiary/aromatic N) is 1. The Morgan fingerprint density at radius 3 is 2.44 bits per heavy atom. The van der Waals surface area contributed by atoms with E-state index in [2.05, 4.69) is 0 Å². The average Bonchev–Trinajstić information content (AvgIpc) is 2.82. The normalized spacial score (nSPS) is 22.5. The van der Waals surface area contributed by atoms with Crippen molar-refractivity contribution in [2.24, 2.45) is 0 Å². The summed E-state index contributed by atoms with van der Waals surface area (Å²) in [5.74, 6) is 0.196. The van der Waals surface area contributed by atoms with Crippen LogP contribution in [0.2, 0.25) is 0 Å². The molecule has 7 heteroatoms. The number of rotatable bonds is 2. The number of benzene rings is 1. The summed E-state index contributed by atoms with van der Waals surface area (Å²) in [5, 5.41) is 0. The fourth-order valence-electron chi connectivity index (χ4n) is 3.76. The second-order valence-corrected chi connectivity index (χ2v) is 7.99. The van der Waals surface area contributed by atoms with Gasteiger partial charge in [-0.1, -0.05) is 12.1 Å². The summed E-state index contributed by atoms with van der Waals surface area (Å²) >= 11 is 0. The monoisotopic (exact) mass is 383 g/mol. The summed E-state index contributed by atoms with van der Waals surface area (Å²) in [6.07, 6.45) is -0.580. The SMILES string of the molecule is COc1cc(C(F)(F)F)ccc1C1=CC2CCC(C1)N2C(=O)OC(C)(C)C. The third-order valence-corrected chi connectivity index (χ3v) is 4.87. The van der Waals surface area contributed by atoms with Gasteiger partial charge in [-0.05, 0) is 57.7 Å². The Hall–Kier alpha value is -2.18. The summed E-state index contributed by atoms with van der Waals surface area (Å²) in [5.41, 5.74) is 0.244. The first-order chi connectivity index (χ1) is 12.5. The van der Waals surface area contributed by atoms with Gasteiger partial charge in [0.15, 0.2) is 0 Å². The maximum absolute atomic E-state index is 13.0. The molecule has 2 aliphatic rings. The Bertz CT molecular complexity index is 765. The first-order valence-electron chi connectivity index (χ1n) is 8.97. The molecule has 2 heterocycles. The number of ether oxygens (including phenoxy) is 2. The van der Waals surface area contributed by atoms with E-state index in [1.54, 1.807) is 4.90 Å². The number of halogens is 3. The molecule has 1 aromatic rings. The van der Waals surface area contributed by atoms with Crippen molar-refractivity contribution < 1.29 is 27.4 Å². The summed E-state index contributed by atoms with van der Waals surface area (Å²) in [7, 11) is 1.37. The second-order valence-electron chi connectivity index (χ2n) is 7.99. The molecule has 4 nitrogen and oxygen atoms in total. The largest absolute Gasteiger partial charge is 0.496 e. The van der Waals surface area contributed by atoms with Gasteiger partial charge < -0.3 is 9.47 Å². The molecule has 1 aromatic carbocycles. The quantitative estimate of drug-likeness (QED) is 0.698. The lowest BCUT2D eigenvalue weighted by molar-refractivity contribution is -0.137. The lowest BCUT2D eigenvalue weighted by Gasteiger charge is -2.35. The van der Waals surface area contributed by atoms with Crippen molar-refractivity contribution >= 4 is 11.7 Å². The third-order valence-electron chi connectivity index (χ3n) is 4.87. The Kier molecular flexibility index (Phi) is 4.91. The number of alkyl halides is 3. The number of hydrogen-bond donors (Lipinski definition) is 0. The van der Waals surface area contributed by atoms with Crippen molar-refractivity contribution in [2.45, 2.75) is 63.9 Å². The Balaban J connectivity index is 1.88. The van der Waals surface area contributed by atoms with Crippen LogP contribution in [0.25, 0.3) is 5.57 Å². The molecule has 2 unspecified atom stereocenters. The molecular weight excluding hydrogens is 359 g/mol. The van der Waals surface area contributed by atoms with Crippen LogP contribution in [-0.2, 0) is 10.9 Å². The minimum Gasteiger partial charge on any atom is -0.496 e. The number of carbonyl (C=O) groups is 1. The topological polar surface area (TPSA) is 38.8 Å². The Labute approximate surface area is 156 Å². The number of carbonyl (C=O) groups excluding carboxylic acids is 1. The molecular formula is C20H24F3NO3. The van der Waals surface area contributed by atoms with E-state index < -0.39 is 17.3 Å². The standard InChI is InChI=1S/C20H24F3NO3/c1-19(2,3)27-18(25)24-14-6-7-15(24)10-12(9-14)16-8-5-13(20(21,22)23)11-17(16)26-4/h5,8-9,11,14-15H,6-7,10H2,1-4H3. The third kappa shape index (κ3) is 4.06. The fourth-order valence-corrected chi connectivity index (χ4v) is 3.76. The minimum absolute atomic E-state index is 0.0168. The Morgan fingerprint density at radius 1 is 1.19 bits per heavy atom. The van der Waals surface area contributed by atoms with Crippen molar-refractivity contribution in [2.75, 3.05) is 7.11 Å². The average molecular weight is 383 g/mol. The summed E-state index contributed by atoms with van der Waals surface area (Å²) < 4.78 is 49.6. The van der Waals surface area contributed by atoms with E-state index in [0.717, 1.165) is 30.5 Å². The molecule has 0 saturated carbocycles. The highest BCUT2D eigenvalue weighted by atomic mass is 19.4. The zero-order valence-electron chi connectivity index (χ0n) is 15.9. The van der Waals surface area contributed by atoms with Gasteiger partial charge in [0.05, 0.1) is 18.7 Å². The molecule has 3 rings (SSSR count). The molecule has 2 atom stereocenters. The van der Waals surface area contributed by atoms with Crippen LogP contribution in [0.15, 0.2) is 24.3 Å². The van der Waals surface area contributed by atoms with Gasteiger partial charge in [0.2, 0.25) is 0 Å². The molecule has 1 fully saturated rings.